The molecule has 170 valence electrons. The minimum atomic E-state index is -0.465. The molecule has 3 N–H and O–H groups in total. The van der Waals surface area contributed by atoms with E-state index in [9.17, 15) is 9.18 Å². The molecule has 6 nitrogen and oxygen atoms in total. The lowest BCUT2D eigenvalue weighted by Gasteiger charge is -2.10. The molecule has 0 radical (unpaired) electrons. The number of nitrogens with one attached hydrogen (secondary N) is 1. The van der Waals surface area contributed by atoms with Gasteiger partial charge in [-0.2, -0.15) is 0 Å². The molecule has 33 heavy (non-hydrogen) atoms. The van der Waals surface area contributed by atoms with Gasteiger partial charge >= 0.3 is 5.63 Å². The van der Waals surface area contributed by atoms with Gasteiger partial charge in [0, 0.05) is 29.1 Å². The van der Waals surface area contributed by atoms with Crippen molar-refractivity contribution >= 4 is 41.0 Å². The first-order chi connectivity index (χ1) is 15.9. The van der Waals surface area contributed by atoms with Crippen LogP contribution in [0, 0.1) is 12.7 Å². The summed E-state index contributed by atoms with van der Waals surface area (Å²) in [7, 11) is 0. The third-order valence-corrected chi connectivity index (χ3v) is 5.07. The lowest BCUT2D eigenvalue weighted by Crippen LogP contribution is -2.34. The molecule has 0 saturated carbocycles. The van der Waals surface area contributed by atoms with Crippen molar-refractivity contribution in [2.45, 2.75) is 26.7 Å². The molecule has 0 unspecified atom stereocenters. The van der Waals surface area contributed by atoms with E-state index in [0.29, 0.717) is 29.6 Å². The quantitative estimate of drug-likeness (QED) is 0.572. The molecule has 2 aromatic heterocycles. The van der Waals surface area contributed by atoms with Gasteiger partial charge in [0.1, 0.15) is 11.2 Å². The topological polar surface area (TPSA) is 90.4 Å². The number of para-hydroxylation sites is 1. The van der Waals surface area contributed by atoms with Gasteiger partial charge in [-0.3, -0.25) is 0 Å². The summed E-state index contributed by atoms with van der Waals surface area (Å²) < 4.78 is 23.3. The number of anilines is 2. The zero-order valence-electron chi connectivity index (χ0n) is 18.3. The summed E-state index contributed by atoms with van der Waals surface area (Å²) in [6.07, 6.45) is 8.22. The molecular formula is C25H24FN3O3S. The Morgan fingerprint density at radius 2 is 2.00 bits per heavy atom. The van der Waals surface area contributed by atoms with Crippen LogP contribution in [-0.2, 0) is 11.2 Å². The van der Waals surface area contributed by atoms with Crippen molar-refractivity contribution < 1.29 is 13.5 Å². The van der Waals surface area contributed by atoms with Gasteiger partial charge in [-0.05, 0) is 73.6 Å². The number of fused-ring (bicyclic) bond motifs is 1. The number of hydrogen-bond acceptors (Lipinski definition) is 6. The number of nitrogen functional groups attached to an aromatic ring is 1. The molecule has 1 aliphatic rings. The molecule has 0 spiro atoms. The maximum Gasteiger partial charge on any atom is 0.339 e. The maximum atomic E-state index is 12.1. The number of nitrogens with zero attached hydrogens (tertiary/aromatic N) is 1. The second-order valence-corrected chi connectivity index (χ2v) is 7.45. The predicted molar refractivity (Wildman–Crippen MR) is 132 cm³/mol. The molecule has 3 aromatic rings. The normalized spacial score (nSPS) is 11.9. The van der Waals surface area contributed by atoms with Crippen molar-refractivity contribution in [2.24, 2.45) is 0 Å². The van der Waals surface area contributed by atoms with Crippen molar-refractivity contribution in [3.05, 3.63) is 98.5 Å². The Labute approximate surface area is 195 Å². The van der Waals surface area contributed by atoms with Gasteiger partial charge in [-0.25, -0.2) is 14.2 Å². The number of hydrogen-bond donors (Lipinski definition) is 2. The third kappa shape index (κ3) is 6.36. The summed E-state index contributed by atoms with van der Waals surface area (Å²) in [5, 5.41) is 4.23. The number of nitrogens with two attached hydrogens (primary N) is 1. The Kier molecular flexibility index (Phi) is 8.10. The number of allylic oxidation sites excluding steroid dienone is 2. The highest BCUT2D eigenvalue weighted by molar-refractivity contribution is 7.80. The fourth-order valence-electron chi connectivity index (χ4n) is 3.18. The van der Waals surface area contributed by atoms with Gasteiger partial charge in [0.2, 0.25) is 0 Å². The molecule has 2 heterocycles. The van der Waals surface area contributed by atoms with Crippen LogP contribution in [0.4, 0.5) is 15.9 Å². The molecule has 0 fully saturated rings. The molecule has 8 heteroatoms. The zero-order valence-corrected chi connectivity index (χ0v) is 19.1. The average Bonchev–Trinajstić information content (AvgIpc) is 2.99. The van der Waals surface area contributed by atoms with Crippen LogP contribution < -0.4 is 27.3 Å². The average molecular weight is 466 g/mol. The van der Waals surface area contributed by atoms with Gasteiger partial charge < -0.3 is 20.2 Å². The number of ether oxygens (including phenoxy) is 1. The van der Waals surface area contributed by atoms with Crippen LogP contribution in [0.15, 0.2) is 69.7 Å². The molecule has 0 atom stereocenters. The van der Waals surface area contributed by atoms with Crippen molar-refractivity contribution in [1.82, 2.24) is 4.98 Å². The maximum absolute atomic E-state index is 12.1. The second kappa shape index (κ2) is 11.2. The summed E-state index contributed by atoms with van der Waals surface area (Å²) in [6.45, 7) is 3.89. The van der Waals surface area contributed by atoms with Crippen molar-refractivity contribution in [3.8, 4) is 0 Å². The molecule has 0 amide bonds. The first-order valence-electron chi connectivity index (χ1n) is 10.3. The van der Waals surface area contributed by atoms with Crippen LogP contribution in [-0.4, -0.2) is 10.2 Å². The van der Waals surface area contributed by atoms with E-state index in [1.54, 1.807) is 0 Å². The summed E-state index contributed by atoms with van der Waals surface area (Å²) in [5.74, 6) is 0.171. The van der Waals surface area contributed by atoms with Gasteiger partial charge in [0.15, 0.2) is 11.6 Å². The molecular weight excluding hydrogens is 441 g/mol. The van der Waals surface area contributed by atoms with Crippen molar-refractivity contribution in [1.29, 1.82) is 0 Å². The molecule has 0 aliphatic heterocycles. The smallest absolute Gasteiger partial charge is 0.339 e. The Hall–Kier alpha value is -3.78. The number of pyridine rings is 1. The van der Waals surface area contributed by atoms with E-state index in [2.05, 4.69) is 10.3 Å². The van der Waals surface area contributed by atoms with Crippen LogP contribution in [0.3, 0.4) is 0 Å². The van der Waals surface area contributed by atoms with Crippen molar-refractivity contribution in [3.63, 3.8) is 0 Å². The van der Waals surface area contributed by atoms with E-state index in [1.807, 2.05) is 62.4 Å². The van der Waals surface area contributed by atoms with E-state index in [-0.39, 0.29) is 16.6 Å². The summed E-state index contributed by atoms with van der Waals surface area (Å²) in [5.41, 5.74) is 7.87. The predicted octanol–water partition coefficient (Wildman–Crippen LogP) is 3.58. The van der Waals surface area contributed by atoms with Gasteiger partial charge in [0.05, 0.1) is 0 Å². The van der Waals surface area contributed by atoms with Crippen LogP contribution >= 0.6 is 12.2 Å². The minimum absolute atomic E-state index is 0.0486. The van der Waals surface area contributed by atoms with Gasteiger partial charge in [0.25, 0.3) is 5.17 Å². The first-order valence-corrected chi connectivity index (χ1v) is 10.7. The monoisotopic (exact) mass is 465 g/mol. The van der Waals surface area contributed by atoms with Crippen LogP contribution in [0.25, 0.3) is 12.2 Å². The summed E-state index contributed by atoms with van der Waals surface area (Å²) in [6, 6.07) is 12.4. The Balaban J connectivity index is 0.000000323. The lowest BCUT2D eigenvalue weighted by atomic mass is 10.1. The summed E-state index contributed by atoms with van der Waals surface area (Å²) in [4.78, 5) is 15.5. The standard InChI is InChI=1S/C20H19NO3S.C5H5FN2/c1-3-16-13(2)17-11-9-15(10-12-18(17)24-19(16)22)23-20(25)21-14-7-5-4-6-8-14;6-4-2-1-3-8-5(4)7/h4-9,11-12H,3,10H2,1-2H3,(H,21,25);1-3H,(H2,7,8). The number of halogens is 1. The zero-order chi connectivity index (χ0) is 23.8. The van der Waals surface area contributed by atoms with Crippen LogP contribution in [0.5, 0.6) is 0 Å². The van der Waals surface area contributed by atoms with E-state index < -0.39 is 5.82 Å². The van der Waals surface area contributed by atoms with Crippen LogP contribution in [0.1, 0.15) is 24.5 Å². The number of benzene rings is 1. The van der Waals surface area contributed by atoms with E-state index in [1.165, 1.54) is 18.3 Å². The van der Waals surface area contributed by atoms with E-state index in [4.69, 9.17) is 27.1 Å². The first kappa shape index (κ1) is 23.9. The summed E-state index contributed by atoms with van der Waals surface area (Å²) >= 11 is 5.26. The Morgan fingerprint density at radius 1 is 1.24 bits per heavy atom. The van der Waals surface area contributed by atoms with Gasteiger partial charge in [-0.1, -0.05) is 25.1 Å². The van der Waals surface area contributed by atoms with E-state index >= 15 is 0 Å². The van der Waals surface area contributed by atoms with Crippen LogP contribution in [0.2, 0.25) is 0 Å². The Bertz CT molecular complexity index is 1330. The Morgan fingerprint density at radius 3 is 2.64 bits per heavy atom. The van der Waals surface area contributed by atoms with Gasteiger partial charge in [-0.15, -0.1) is 0 Å². The molecule has 1 aliphatic carbocycles. The third-order valence-electron chi connectivity index (χ3n) is 4.88. The largest absolute Gasteiger partial charge is 0.436 e. The molecule has 0 bridgehead atoms. The highest BCUT2D eigenvalue weighted by Gasteiger charge is 2.10. The highest BCUT2D eigenvalue weighted by Crippen LogP contribution is 2.11. The van der Waals surface area contributed by atoms with Crippen molar-refractivity contribution in [2.75, 3.05) is 11.1 Å². The molecule has 1 aromatic carbocycles. The number of aromatic nitrogens is 1. The van der Waals surface area contributed by atoms with E-state index in [0.717, 1.165) is 16.5 Å². The second-order valence-electron chi connectivity index (χ2n) is 7.08. The number of thiocarbonyl (C=S) groups is 1. The fourth-order valence-corrected chi connectivity index (χ4v) is 3.41. The molecule has 4 rings (SSSR count). The molecule has 0 saturated heterocycles. The minimum Gasteiger partial charge on any atom is -0.436 e. The lowest BCUT2D eigenvalue weighted by molar-refractivity contribution is 0.416. The highest BCUT2D eigenvalue weighted by atomic mass is 32.1. The fraction of sp³-hybridized carbons (Fsp3) is 0.160. The SMILES string of the molecule is CCc1c(C)c2c(oc1=O)=CCC(OC(=S)Nc1ccccc1)=CC=2.Nc1ncccc1F. The number of rotatable bonds is 3.